The number of esters is 1. The molecule has 1 aromatic carbocycles. The van der Waals surface area contributed by atoms with Crippen LogP contribution in [-0.4, -0.2) is 56.5 Å². The summed E-state index contributed by atoms with van der Waals surface area (Å²) >= 11 is 1.11. The van der Waals surface area contributed by atoms with Crippen LogP contribution in [0.5, 0.6) is 0 Å². The summed E-state index contributed by atoms with van der Waals surface area (Å²) in [6.45, 7) is 5.88. The third-order valence-electron chi connectivity index (χ3n) is 5.48. The molecule has 0 unspecified atom stereocenters. The number of nitrogens with zero attached hydrogens (tertiary/aromatic N) is 1. The first-order valence-electron chi connectivity index (χ1n) is 10.9. The van der Waals surface area contributed by atoms with Gasteiger partial charge >= 0.3 is 5.97 Å². The van der Waals surface area contributed by atoms with Crippen LogP contribution in [0.1, 0.15) is 69.1 Å². The average Bonchev–Trinajstić information content (AvgIpc) is 3.14. The normalized spacial score (nSPS) is 14.6. The number of hydrogen-bond acceptors (Lipinski definition) is 8. The van der Waals surface area contributed by atoms with Gasteiger partial charge in [-0.15, -0.1) is 11.3 Å². The van der Waals surface area contributed by atoms with Crippen molar-refractivity contribution in [3.8, 4) is 0 Å². The van der Waals surface area contributed by atoms with Gasteiger partial charge in [-0.05, 0) is 63.4 Å². The van der Waals surface area contributed by atoms with Crippen LogP contribution in [-0.2, 0) is 14.8 Å². The molecule has 33 heavy (non-hydrogen) atoms. The molecule has 3 rings (SSSR count). The monoisotopic (exact) mass is 492 g/mol. The van der Waals surface area contributed by atoms with Gasteiger partial charge in [0.1, 0.15) is 5.00 Å². The number of ether oxygens (including phenoxy) is 1. The summed E-state index contributed by atoms with van der Waals surface area (Å²) in [4.78, 5) is 37.6. The topological polar surface area (TPSA) is 110 Å². The van der Waals surface area contributed by atoms with Crippen LogP contribution in [0.3, 0.4) is 0 Å². The molecular formula is C23H28N2O6S2. The van der Waals surface area contributed by atoms with Crippen molar-refractivity contribution in [2.45, 2.75) is 44.9 Å². The Balaban J connectivity index is 1.74. The number of thiophene rings is 1. The van der Waals surface area contributed by atoms with Crippen molar-refractivity contribution in [1.29, 1.82) is 0 Å². The van der Waals surface area contributed by atoms with Gasteiger partial charge in [0, 0.05) is 18.7 Å². The summed E-state index contributed by atoms with van der Waals surface area (Å²) in [6, 6.07) is 5.89. The quantitative estimate of drug-likeness (QED) is 0.417. The molecule has 2 aromatic rings. The van der Waals surface area contributed by atoms with Crippen molar-refractivity contribution >= 4 is 43.9 Å². The van der Waals surface area contributed by atoms with Crippen LogP contribution >= 0.6 is 11.3 Å². The van der Waals surface area contributed by atoms with Gasteiger partial charge in [-0.1, -0.05) is 6.42 Å². The van der Waals surface area contributed by atoms with Crippen molar-refractivity contribution in [3.63, 3.8) is 0 Å². The molecule has 1 saturated heterocycles. The number of nitrogens with one attached hydrogen (secondary N) is 1. The van der Waals surface area contributed by atoms with Crippen LogP contribution < -0.4 is 5.32 Å². The number of rotatable bonds is 9. The van der Waals surface area contributed by atoms with E-state index in [-0.39, 0.29) is 35.2 Å². The summed E-state index contributed by atoms with van der Waals surface area (Å²) in [6.07, 6.45) is 2.73. The number of carbonyl (C=O) groups is 3. The molecule has 0 amide bonds. The first kappa shape index (κ1) is 25.1. The Hall–Kier alpha value is -2.56. The lowest BCUT2D eigenvalue weighted by Gasteiger charge is -2.25. The summed E-state index contributed by atoms with van der Waals surface area (Å²) in [5.74, 6) is -1.00. The molecule has 10 heteroatoms. The molecule has 1 aromatic heterocycles. The van der Waals surface area contributed by atoms with Crippen molar-refractivity contribution in [2.75, 3.05) is 31.6 Å². The molecule has 1 N–H and O–H groups in total. The molecule has 0 bridgehead atoms. The number of piperidine rings is 1. The minimum Gasteiger partial charge on any atom is -0.462 e. The number of benzene rings is 1. The highest BCUT2D eigenvalue weighted by Gasteiger charge is 2.27. The highest BCUT2D eigenvalue weighted by atomic mass is 32.2. The van der Waals surface area contributed by atoms with Crippen molar-refractivity contribution < 1.29 is 27.5 Å². The Morgan fingerprint density at radius 2 is 1.73 bits per heavy atom. The van der Waals surface area contributed by atoms with E-state index in [2.05, 4.69) is 5.32 Å². The fourth-order valence-corrected chi connectivity index (χ4v) is 6.36. The van der Waals surface area contributed by atoms with Crippen LogP contribution in [0.25, 0.3) is 0 Å². The van der Waals surface area contributed by atoms with Crippen molar-refractivity contribution in [1.82, 2.24) is 4.31 Å². The number of sulfonamides is 1. The first-order chi connectivity index (χ1) is 15.7. The fraction of sp³-hybridized carbons (Fsp3) is 0.435. The van der Waals surface area contributed by atoms with Gasteiger partial charge in [0.25, 0.3) is 0 Å². The Bertz CT molecular complexity index is 1150. The van der Waals surface area contributed by atoms with Gasteiger partial charge in [0.05, 0.1) is 28.5 Å². The third kappa shape index (κ3) is 5.51. The summed E-state index contributed by atoms with van der Waals surface area (Å²) in [5, 5.41) is 3.35. The Morgan fingerprint density at radius 3 is 2.30 bits per heavy atom. The van der Waals surface area contributed by atoms with E-state index in [0.29, 0.717) is 34.1 Å². The maximum absolute atomic E-state index is 12.8. The minimum absolute atomic E-state index is 0.123. The van der Waals surface area contributed by atoms with Gasteiger partial charge < -0.3 is 10.1 Å². The summed E-state index contributed by atoms with van der Waals surface area (Å²) < 4.78 is 32.1. The second-order valence-corrected chi connectivity index (χ2v) is 10.8. The van der Waals surface area contributed by atoms with Crippen LogP contribution in [0.4, 0.5) is 5.00 Å². The first-order valence-corrected chi connectivity index (χ1v) is 13.1. The van der Waals surface area contributed by atoms with Crippen LogP contribution in [0.15, 0.2) is 29.2 Å². The van der Waals surface area contributed by atoms with E-state index >= 15 is 0 Å². The smallest absolute Gasteiger partial charge is 0.341 e. The molecule has 1 aliphatic rings. The Labute approximate surface area is 198 Å². The molecule has 0 atom stereocenters. The van der Waals surface area contributed by atoms with Crippen molar-refractivity contribution in [2.24, 2.45) is 0 Å². The van der Waals surface area contributed by atoms with Crippen LogP contribution in [0.2, 0.25) is 0 Å². The average molecular weight is 493 g/mol. The van der Waals surface area contributed by atoms with E-state index in [0.717, 1.165) is 30.6 Å². The predicted molar refractivity (Wildman–Crippen MR) is 127 cm³/mol. The lowest BCUT2D eigenvalue weighted by atomic mass is 10.1. The molecule has 0 saturated carbocycles. The number of carbonyl (C=O) groups excluding carboxylic acids is 3. The number of ketones is 2. The summed E-state index contributed by atoms with van der Waals surface area (Å²) in [5.41, 5.74) is 1.12. The number of anilines is 1. The van der Waals surface area contributed by atoms with E-state index in [1.165, 1.54) is 35.5 Å². The second kappa shape index (κ2) is 10.6. The Morgan fingerprint density at radius 1 is 1.09 bits per heavy atom. The van der Waals surface area contributed by atoms with Gasteiger partial charge in [0.2, 0.25) is 10.0 Å². The minimum atomic E-state index is -3.57. The molecule has 178 valence electrons. The largest absolute Gasteiger partial charge is 0.462 e. The maximum atomic E-state index is 12.8. The molecule has 1 aliphatic heterocycles. The van der Waals surface area contributed by atoms with Crippen LogP contribution in [0, 0.1) is 6.92 Å². The fourth-order valence-electron chi connectivity index (χ4n) is 3.75. The zero-order chi connectivity index (χ0) is 24.2. The zero-order valence-electron chi connectivity index (χ0n) is 19.0. The molecule has 0 aliphatic carbocycles. The number of hydrogen-bond donors (Lipinski definition) is 1. The zero-order valence-corrected chi connectivity index (χ0v) is 20.6. The Kier molecular flexibility index (Phi) is 8.04. The number of Topliss-reactive ketones (excluding diaryl/α,β-unsaturated/α-hetero) is 2. The lowest BCUT2D eigenvalue weighted by molar-refractivity contribution is 0.0527. The molecule has 8 nitrogen and oxygen atoms in total. The molecular weight excluding hydrogens is 464 g/mol. The van der Waals surface area contributed by atoms with E-state index in [4.69, 9.17) is 4.74 Å². The standard InChI is InChI=1S/C23H28N2O6S2/c1-4-31-23(28)20-15(2)21(16(3)26)32-22(20)24-14-19(27)17-8-10-18(11-9-17)33(29,30)25-12-6-5-7-13-25/h8-11,24H,4-7,12-14H2,1-3H3. The molecule has 0 radical (unpaired) electrons. The van der Waals surface area contributed by atoms with E-state index in [1.807, 2.05) is 0 Å². The third-order valence-corrected chi connectivity index (χ3v) is 8.75. The van der Waals surface area contributed by atoms with E-state index in [1.54, 1.807) is 13.8 Å². The predicted octanol–water partition coefficient (Wildman–Crippen LogP) is 3.91. The molecule has 1 fully saturated rings. The van der Waals surface area contributed by atoms with Gasteiger partial charge in [-0.3, -0.25) is 9.59 Å². The highest BCUT2D eigenvalue weighted by Crippen LogP contribution is 2.34. The maximum Gasteiger partial charge on any atom is 0.341 e. The van der Waals surface area contributed by atoms with Crippen molar-refractivity contribution in [3.05, 3.63) is 45.8 Å². The van der Waals surface area contributed by atoms with E-state index < -0.39 is 16.0 Å². The lowest BCUT2D eigenvalue weighted by Crippen LogP contribution is -2.35. The highest BCUT2D eigenvalue weighted by molar-refractivity contribution is 7.89. The second-order valence-electron chi connectivity index (χ2n) is 7.80. The van der Waals surface area contributed by atoms with E-state index in [9.17, 15) is 22.8 Å². The molecule has 0 spiro atoms. The van der Waals surface area contributed by atoms with Gasteiger partial charge in [0.15, 0.2) is 11.6 Å². The van der Waals surface area contributed by atoms with Gasteiger partial charge in [-0.25, -0.2) is 13.2 Å². The molecule has 2 heterocycles. The SMILES string of the molecule is CCOC(=O)c1c(NCC(=O)c2ccc(S(=O)(=O)N3CCCCC3)cc2)sc(C(C)=O)c1C. The summed E-state index contributed by atoms with van der Waals surface area (Å²) in [7, 11) is -3.57. The van der Waals surface area contributed by atoms with Gasteiger partial charge in [-0.2, -0.15) is 4.31 Å².